The molecular weight excluding hydrogens is 552 g/mol. The monoisotopic (exact) mass is 586 g/mol. The van der Waals surface area contributed by atoms with Crippen molar-refractivity contribution in [1.29, 1.82) is 5.41 Å². The van der Waals surface area contributed by atoms with E-state index in [1.165, 1.54) is 6.92 Å². The molecule has 9 nitrogen and oxygen atoms in total. The fourth-order valence-electron chi connectivity index (χ4n) is 4.79. The SMILES string of the molecule is Br.CCOc1cc2c(cc1C(=O)NC)C(=N)N(CC(=O)c1cc3c(c(C(C)(C)C)c1)OCCN3C(C)=O)C2. The minimum Gasteiger partial charge on any atom is -0.493 e. The quantitative estimate of drug-likeness (QED) is 0.493. The summed E-state index contributed by atoms with van der Waals surface area (Å²) in [6, 6.07) is 7.00. The van der Waals surface area contributed by atoms with Crippen molar-refractivity contribution in [3.8, 4) is 11.5 Å². The average Bonchev–Trinajstić information content (AvgIpc) is 3.15. The van der Waals surface area contributed by atoms with Crippen LogP contribution in [0, 0.1) is 5.41 Å². The Bertz CT molecular complexity index is 1300. The number of amidine groups is 1. The number of carbonyl (C=O) groups is 3. The van der Waals surface area contributed by atoms with Crippen molar-refractivity contribution in [3.05, 3.63) is 52.1 Å². The second-order valence-corrected chi connectivity index (χ2v) is 10.3. The number of hydrogen-bond donors (Lipinski definition) is 2. The molecule has 0 radical (unpaired) electrons. The summed E-state index contributed by atoms with van der Waals surface area (Å²) in [5.74, 6) is 0.695. The Kier molecular flexibility index (Phi) is 8.55. The third-order valence-electron chi connectivity index (χ3n) is 6.68. The number of ketones is 1. The molecule has 2 amide bonds. The van der Waals surface area contributed by atoms with Gasteiger partial charge in [0.25, 0.3) is 5.91 Å². The Hall–Kier alpha value is -3.40. The number of amides is 2. The smallest absolute Gasteiger partial charge is 0.254 e. The average molecular weight is 588 g/mol. The highest BCUT2D eigenvalue weighted by atomic mass is 79.9. The van der Waals surface area contributed by atoms with Gasteiger partial charge in [-0.2, -0.15) is 0 Å². The van der Waals surface area contributed by atoms with Crippen LogP contribution in [0.25, 0.3) is 0 Å². The Labute approximate surface area is 233 Å². The molecule has 0 spiro atoms. The van der Waals surface area contributed by atoms with Crippen LogP contribution in [-0.4, -0.2) is 61.7 Å². The van der Waals surface area contributed by atoms with Gasteiger partial charge in [-0.25, -0.2) is 0 Å². The Balaban J connectivity index is 0.00000400. The van der Waals surface area contributed by atoms with E-state index in [9.17, 15) is 14.4 Å². The van der Waals surface area contributed by atoms with Gasteiger partial charge >= 0.3 is 0 Å². The van der Waals surface area contributed by atoms with E-state index in [2.05, 4.69) is 5.32 Å². The van der Waals surface area contributed by atoms with Gasteiger partial charge in [0.15, 0.2) is 5.78 Å². The summed E-state index contributed by atoms with van der Waals surface area (Å²) in [5, 5.41) is 11.3. The van der Waals surface area contributed by atoms with Gasteiger partial charge in [0, 0.05) is 37.2 Å². The Morgan fingerprint density at radius 1 is 1.16 bits per heavy atom. The van der Waals surface area contributed by atoms with Crippen LogP contribution >= 0.6 is 17.0 Å². The van der Waals surface area contributed by atoms with Gasteiger partial charge in [-0.3, -0.25) is 19.8 Å². The molecule has 0 fully saturated rings. The van der Waals surface area contributed by atoms with Gasteiger partial charge in [0.2, 0.25) is 5.91 Å². The first kappa shape index (κ1) is 29.2. The predicted molar refractivity (Wildman–Crippen MR) is 152 cm³/mol. The Morgan fingerprint density at radius 3 is 2.47 bits per heavy atom. The lowest BCUT2D eigenvalue weighted by atomic mass is 9.84. The highest BCUT2D eigenvalue weighted by molar-refractivity contribution is 8.93. The zero-order valence-corrected chi connectivity index (χ0v) is 24.4. The summed E-state index contributed by atoms with van der Waals surface area (Å²) in [5.41, 5.74) is 3.39. The van der Waals surface area contributed by atoms with Crippen molar-refractivity contribution in [1.82, 2.24) is 10.2 Å². The first-order chi connectivity index (χ1) is 17.5. The van der Waals surface area contributed by atoms with Crippen molar-refractivity contribution < 1.29 is 23.9 Å². The van der Waals surface area contributed by atoms with Crippen molar-refractivity contribution in [2.75, 3.05) is 38.3 Å². The zero-order valence-electron chi connectivity index (χ0n) is 22.7. The van der Waals surface area contributed by atoms with Crippen LogP contribution in [0.4, 0.5) is 5.69 Å². The fourth-order valence-corrected chi connectivity index (χ4v) is 4.79. The van der Waals surface area contributed by atoms with E-state index in [0.717, 1.165) is 11.1 Å². The molecule has 0 saturated carbocycles. The van der Waals surface area contributed by atoms with E-state index in [0.29, 0.717) is 60.2 Å². The Morgan fingerprint density at radius 2 is 1.87 bits per heavy atom. The molecule has 10 heteroatoms. The molecule has 0 unspecified atom stereocenters. The number of benzene rings is 2. The third kappa shape index (κ3) is 5.41. The van der Waals surface area contributed by atoms with Crippen molar-refractivity contribution >= 4 is 46.1 Å². The fraction of sp³-hybridized carbons (Fsp3) is 0.429. The van der Waals surface area contributed by atoms with Crippen molar-refractivity contribution in [2.45, 2.75) is 46.6 Å². The predicted octanol–water partition coefficient (Wildman–Crippen LogP) is 4.09. The van der Waals surface area contributed by atoms with Gasteiger partial charge in [0.1, 0.15) is 23.9 Å². The number of anilines is 1. The van der Waals surface area contributed by atoms with Crippen LogP contribution in [0.15, 0.2) is 24.3 Å². The number of nitrogens with zero attached hydrogens (tertiary/aromatic N) is 2. The third-order valence-corrected chi connectivity index (χ3v) is 6.68. The molecule has 2 N–H and O–H groups in total. The number of fused-ring (bicyclic) bond motifs is 2. The number of rotatable bonds is 6. The van der Waals surface area contributed by atoms with E-state index in [1.807, 2.05) is 33.8 Å². The minimum absolute atomic E-state index is 0. The van der Waals surface area contributed by atoms with Crippen LogP contribution in [0.5, 0.6) is 11.5 Å². The van der Waals surface area contributed by atoms with Crippen LogP contribution in [0.2, 0.25) is 0 Å². The highest BCUT2D eigenvalue weighted by Gasteiger charge is 2.32. The number of nitrogens with one attached hydrogen (secondary N) is 2. The van der Waals surface area contributed by atoms with Crippen LogP contribution in [0.3, 0.4) is 0 Å². The number of hydrogen-bond acceptors (Lipinski definition) is 6. The van der Waals surface area contributed by atoms with E-state index in [-0.39, 0.29) is 52.4 Å². The summed E-state index contributed by atoms with van der Waals surface area (Å²) in [4.78, 5) is 41.6. The normalized spacial score (nSPS) is 14.2. The summed E-state index contributed by atoms with van der Waals surface area (Å²) < 4.78 is 11.6. The lowest BCUT2D eigenvalue weighted by Gasteiger charge is -2.34. The summed E-state index contributed by atoms with van der Waals surface area (Å²) in [6.07, 6.45) is 0. The number of ether oxygens (including phenoxy) is 2. The zero-order chi connectivity index (χ0) is 27.1. The molecule has 2 heterocycles. The van der Waals surface area contributed by atoms with Crippen LogP contribution < -0.4 is 19.7 Å². The van der Waals surface area contributed by atoms with Gasteiger partial charge < -0.3 is 24.6 Å². The molecule has 4 rings (SSSR count). The minimum atomic E-state index is -0.317. The summed E-state index contributed by atoms with van der Waals surface area (Å²) in [6.45, 7) is 11.0. The second kappa shape index (κ2) is 11.1. The van der Waals surface area contributed by atoms with E-state index >= 15 is 0 Å². The standard InChI is InChI=1S/C28H34N4O5.BrH/c1-7-36-24-12-18-14-31(26(29)19(18)13-20(24)27(35)30-6)15-23(34)17-10-21(28(3,4)5)25-22(11-17)32(16(2)33)8-9-37-25;/h10-13,29H,7-9,14-15H2,1-6H3,(H,30,35);1H. The molecule has 0 aromatic heterocycles. The molecule has 0 bridgehead atoms. The maximum atomic E-state index is 13.6. The highest BCUT2D eigenvalue weighted by Crippen LogP contribution is 2.42. The lowest BCUT2D eigenvalue weighted by Crippen LogP contribution is -2.37. The number of carbonyl (C=O) groups excluding carboxylic acids is 3. The first-order valence-corrected chi connectivity index (χ1v) is 12.4. The lowest BCUT2D eigenvalue weighted by molar-refractivity contribution is -0.116. The molecule has 204 valence electrons. The maximum absolute atomic E-state index is 13.6. The van der Waals surface area contributed by atoms with Crippen LogP contribution in [-0.2, 0) is 16.8 Å². The van der Waals surface area contributed by atoms with E-state index < -0.39 is 0 Å². The maximum Gasteiger partial charge on any atom is 0.254 e. The van der Waals surface area contributed by atoms with Crippen molar-refractivity contribution in [2.24, 2.45) is 0 Å². The molecule has 2 aliphatic heterocycles. The largest absolute Gasteiger partial charge is 0.493 e. The van der Waals surface area contributed by atoms with Gasteiger partial charge in [-0.1, -0.05) is 20.8 Å². The molecule has 2 aliphatic rings. The number of halogens is 1. The van der Waals surface area contributed by atoms with E-state index in [4.69, 9.17) is 14.9 Å². The molecule has 2 aromatic rings. The van der Waals surface area contributed by atoms with Gasteiger partial charge in [-0.15, -0.1) is 17.0 Å². The molecule has 38 heavy (non-hydrogen) atoms. The molecule has 2 aromatic carbocycles. The topological polar surface area (TPSA) is 112 Å². The van der Waals surface area contributed by atoms with Crippen LogP contribution in [0.1, 0.15) is 72.0 Å². The second-order valence-electron chi connectivity index (χ2n) is 10.3. The first-order valence-electron chi connectivity index (χ1n) is 12.4. The summed E-state index contributed by atoms with van der Waals surface area (Å²) in [7, 11) is 1.55. The molecule has 0 saturated heterocycles. The number of Topliss-reactive ketones (excluding diaryl/α,β-unsaturated/α-hetero) is 1. The molecule has 0 aliphatic carbocycles. The van der Waals surface area contributed by atoms with E-state index in [1.54, 1.807) is 35.0 Å². The summed E-state index contributed by atoms with van der Waals surface area (Å²) >= 11 is 0. The van der Waals surface area contributed by atoms with Gasteiger partial charge in [0.05, 0.1) is 30.9 Å². The van der Waals surface area contributed by atoms with Gasteiger partial charge in [-0.05, 0) is 42.2 Å². The molecule has 0 atom stereocenters. The molecular formula is C28H35BrN4O5. The van der Waals surface area contributed by atoms with Crippen molar-refractivity contribution in [3.63, 3.8) is 0 Å².